The van der Waals surface area contributed by atoms with E-state index in [0.717, 1.165) is 0 Å². The predicted octanol–water partition coefficient (Wildman–Crippen LogP) is 2.01. The van der Waals surface area contributed by atoms with E-state index in [2.05, 4.69) is 0 Å². The smallest absolute Gasteiger partial charge is 0.270 e. The minimum atomic E-state index is -0.529. The van der Waals surface area contributed by atoms with Gasteiger partial charge >= 0.3 is 0 Å². The van der Waals surface area contributed by atoms with Crippen LogP contribution in [-0.4, -0.2) is 35.2 Å². The average Bonchev–Trinajstić information content (AvgIpc) is 2.39. The third kappa shape index (κ3) is 4.16. The number of nitro benzene ring substituents is 1. The minimum absolute atomic E-state index is 0.0346. The van der Waals surface area contributed by atoms with E-state index in [4.69, 9.17) is 5.26 Å². The fourth-order valence-corrected chi connectivity index (χ4v) is 1.55. The molecule has 0 aliphatic carbocycles. The maximum Gasteiger partial charge on any atom is 0.270 e. The number of non-ortho nitro benzene ring substituents is 1. The molecule has 0 aromatic heterocycles. The van der Waals surface area contributed by atoms with Crippen LogP contribution in [0.5, 0.6) is 0 Å². The van der Waals surface area contributed by atoms with Crippen LogP contribution in [0.3, 0.4) is 0 Å². The Balaban J connectivity index is 2.76. The first-order chi connectivity index (χ1) is 8.95. The number of hydrogen-bond donors (Lipinski definition) is 0. The minimum Gasteiger partial charge on any atom is -0.295 e. The summed E-state index contributed by atoms with van der Waals surface area (Å²) in [5.41, 5.74) is 0.212. The van der Waals surface area contributed by atoms with Crippen molar-refractivity contribution in [1.29, 1.82) is 5.26 Å². The van der Waals surface area contributed by atoms with Crippen molar-refractivity contribution in [3.8, 4) is 6.07 Å². The molecule has 1 rings (SSSR count). The van der Waals surface area contributed by atoms with E-state index >= 15 is 0 Å². The first-order valence-corrected chi connectivity index (χ1v) is 5.80. The Kier molecular flexibility index (Phi) is 5.15. The Bertz CT molecular complexity index is 522. The van der Waals surface area contributed by atoms with Crippen LogP contribution >= 0.6 is 0 Å². The molecule has 0 radical (unpaired) electrons. The second kappa shape index (κ2) is 6.61. The van der Waals surface area contributed by atoms with Crippen LogP contribution in [-0.2, 0) is 0 Å². The van der Waals surface area contributed by atoms with E-state index in [1.165, 1.54) is 18.2 Å². The number of nitrogens with zero attached hydrogens (tertiary/aromatic N) is 3. The summed E-state index contributed by atoms with van der Waals surface area (Å²) in [4.78, 5) is 23.9. The van der Waals surface area contributed by atoms with Gasteiger partial charge in [0.15, 0.2) is 5.78 Å². The molecule has 0 saturated carbocycles. The largest absolute Gasteiger partial charge is 0.295 e. The van der Waals surface area contributed by atoms with Gasteiger partial charge < -0.3 is 0 Å². The highest BCUT2D eigenvalue weighted by Gasteiger charge is 2.16. The van der Waals surface area contributed by atoms with Gasteiger partial charge in [-0.25, -0.2) is 0 Å². The van der Waals surface area contributed by atoms with Crippen molar-refractivity contribution in [1.82, 2.24) is 4.90 Å². The van der Waals surface area contributed by atoms with Crippen molar-refractivity contribution >= 4 is 11.5 Å². The van der Waals surface area contributed by atoms with Crippen molar-refractivity contribution in [3.05, 3.63) is 39.9 Å². The van der Waals surface area contributed by atoms with E-state index in [1.54, 1.807) is 18.0 Å². The van der Waals surface area contributed by atoms with E-state index in [-0.39, 0.29) is 24.1 Å². The highest BCUT2D eigenvalue weighted by atomic mass is 16.6. The molecule has 0 saturated heterocycles. The normalized spacial score (nSPS) is 11.9. The first kappa shape index (κ1) is 14.8. The summed E-state index contributed by atoms with van der Waals surface area (Å²) in [7, 11) is 1.75. The molecule has 6 nitrogen and oxygen atoms in total. The van der Waals surface area contributed by atoms with Crippen LogP contribution < -0.4 is 0 Å². The number of carbonyl (C=O) groups is 1. The SMILES string of the molecule is CC(CC#N)N(C)CC(=O)c1cccc([N+](=O)[O-])c1. The summed E-state index contributed by atoms with van der Waals surface area (Å²) in [5, 5.41) is 19.2. The number of rotatable bonds is 6. The molecule has 1 aromatic rings. The zero-order chi connectivity index (χ0) is 14.4. The van der Waals surface area contributed by atoms with Crippen molar-refractivity contribution in [2.24, 2.45) is 0 Å². The molecule has 0 bridgehead atoms. The Hall–Kier alpha value is -2.26. The van der Waals surface area contributed by atoms with E-state index in [1.807, 2.05) is 13.0 Å². The van der Waals surface area contributed by atoms with Crippen LogP contribution in [0.1, 0.15) is 23.7 Å². The topological polar surface area (TPSA) is 87.2 Å². The lowest BCUT2D eigenvalue weighted by atomic mass is 10.1. The quantitative estimate of drug-likeness (QED) is 0.444. The number of hydrogen-bond acceptors (Lipinski definition) is 5. The fraction of sp³-hybridized carbons (Fsp3) is 0.385. The third-order valence-corrected chi connectivity index (χ3v) is 2.91. The summed E-state index contributed by atoms with van der Waals surface area (Å²) < 4.78 is 0. The molecule has 100 valence electrons. The molecule has 0 aliphatic heterocycles. The molecule has 6 heteroatoms. The van der Waals surface area contributed by atoms with Gasteiger partial charge in [-0.05, 0) is 14.0 Å². The molecule has 0 spiro atoms. The average molecular weight is 261 g/mol. The highest BCUT2D eigenvalue weighted by molar-refractivity contribution is 5.98. The number of benzene rings is 1. The molecular formula is C13H15N3O3. The lowest BCUT2D eigenvalue weighted by Gasteiger charge is -2.21. The molecule has 0 amide bonds. The molecule has 0 N–H and O–H groups in total. The van der Waals surface area contributed by atoms with Gasteiger partial charge in [0.2, 0.25) is 0 Å². The van der Waals surface area contributed by atoms with Crippen molar-refractivity contribution < 1.29 is 9.72 Å². The van der Waals surface area contributed by atoms with Gasteiger partial charge in [0, 0.05) is 23.7 Å². The Morgan fingerprint density at radius 1 is 1.58 bits per heavy atom. The lowest BCUT2D eigenvalue weighted by Crippen LogP contribution is -2.33. The Morgan fingerprint density at radius 2 is 2.26 bits per heavy atom. The van der Waals surface area contributed by atoms with Gasteiger partial charge in [-0.1, -0.05) is 12.1 Å². The maximum atomic E-state index is 12.0. The Morgan fingerprint density at radius 3 is 2.84 bits per heavy atom. The molecule has 0 fully saturated rings. The molecule has 1 atom stereocenters. The van der Waals surface area contributed by atoms with Crippen LogP contribution in [0.2, 0.25) is 0 Å². The zero-order valence-corrected chi connectivity index (χ0v) is 10.9. The third-order valence-electron chi connectivity index (χ3n) is 2.91. The second-order valence-corrected chi connectivity index (χ2v) is 4.36. The number of nitriles is 1. The standard InChI is InChI=1S/C13H15N3O3/c1-10(6-7-14)15(2)9-13(17)11-4-3-5-12(8-11)16(18)19/h3-5,8,10H,6,9H2,1-2H3. The lowest BCUT2D eigenvalue weighted by molar-refractivity contribution is -0.384. The summed E-state index contributed by atoms with van der Waals surface area (Å²) in [5.74, 6) is -0.198. The second-order valence-electron chi connectivity index (χ2n) is 4.36. The molecule has 1 unspecified atom stereocenters. The van der Waals surface area contributed by atoms with Crippen LogP contribution in [0.15, 0.2) is 24.3 Å². The fourth-order valence-electron chi connectivity index (χ4n) is 1.55. The van der Waals surface area contributed by atoms with Gasteiger partial charge in [0.05, 0.1) is 24.0 Å². The van der Waals surface area contributed by atoms with Crippen molar-refractivity contribution in [2.45, 2.75) is 19.4 Å². The maximum absolute atomic E-state index is 12.0. The molecule has 0 aliphatic rings. The number of Topliss-reactive ketones (excluding diaryl/α,β-unsaturated/α-hetero) is 1. The summed E-state index contributed by atoms with van der Waals surface area (Å²) >= 11 is 0. The molecule has 0 heterocycles. The molecule has 1 aromatic carbocycles. The van der Waals surface area contributed by atoms with Crippen molar-refractivity contribution in [2.75, 3.05) is 13.6 Å². The summed E-state index contributed by atoms with van der Waals surface area (Å²) in [6.45, 7) is 1.98. The summed E-state index contributed by atoms with van der Waals surface area (Å²) in [6, 6.07) is 7.67. The number of ketones is 1. The highest BCUT2D eigenvalue weighted by Crippen LogP contribution is 2.14. The van der Waals surface area contributed by atoms with Crippen molar-refractivity contribution in [3.63, 3.8) is 0 Å². The van der Waals surface area contributed by atoms with Gasteiger partial charge in [-0.3, -0.25) is 19.8 Å². The van der Waals surface area contributed by atoms with E-state index < -0.39 is 4.92 Å². The van der Waals surface area contributed by atoms with Crippen LogP contribution in [0, 0.1) is 21.4 Å². The Labute approximate surface area is 111 Å². The van der Waals surface area contributed by atoms with Gasteiger partial charge in [-0.2, -0.15) is 5.26 Å². The van der Waals surface area contributed by atoms with Gasteiger partial charge in [0.25, 0.3) is 5.69 Å². The molecular weight excluding hydrogens is 246 g/mol. The first-order valence-electron chi connectivity index (χ1n) is 5.80. The van der Waals surface area contributed by atoms with Crippen LogP contribution in [0.4, 0.5) is 5.69 Å². The molecule has 19 heavy (non-hydrogen) atoms. The monoisotopic (exact) mass is 261 g/mol. The number of likely N-dealkylation sites (N-methyl/N-ethyl adjacent to an activating group) is 1. The predicted molar refractivity (Wildman–Crippen MR) is 69.7 cm³/mol. The zero-order valence-electron chi connectivity index (χ0n) is 10.9. The van der Waals surface area contributed by atoms with Crippen LogP contribution in [0.25, 0.3) is 0 Å². The van der Waals surface area contributed by atoms with Gasteiger partial charge in [0.1, 0.15) is 0 Å². The number of nitro groups is 1. The summed E-state index contributed by atoms with van der Waals surface area (Å²) in [6.07, 6.45) is 0.332. The number of carbonyl (C=O) groups excluding carboxylic acids is 1. The van der Waals surface area contributed by atoms with E-state index in [0.29, 0.717) is 12.0 Å². The van der Waals surface area contributed by atoms with E-state index in [9.17, 15) is 14.9 Å². The van der Waals surface area contributed by atoms with Gasteiger partial charge in [-0.15, -0.1) is 0 Å².